The fraction of sp³-hybridized carbons (Fsp3) is 0.214. The molecular formula is C14H14Cl2N4O. The highest BCUT2D eigenvalue weighted by Gasteiger charge is 2.05. The van der Waals surface area contributed by atoms with E-state index in [-0.39, 0.29) is 11.6 Å². The van der Waals surface area contributed by atoms with Gasteiger partial charge in [-0.3, -0.25) is 4.79 Å². The number of aromatic nitrogens is 2. The smallest absolute Gasteiger partial charge is 0.271 e. The van der Waals surface area contributed by atoms with Crippen LogP contribution < -0.4 is 10.6 Å². The Bertz CT molecular complexity index is 631. The van der Waals surface area contributed by atoms with Crippen LogP contribution in [-0.2, 0) is 6.42 Å². The van der Waals surface area contributed by atoms with Crippen molar-refractivity contribution >= 4 is 34.9 Å². The van der Waals surface area contributed by atoms with E-state index in [0.29, 0.717) is 22.4 Å². The first kappa shape index (κ1) is 15.5. The molecule has 0 fully saturated rings. The highest BCUT2D eigenvalue weighted by atomic mass is 35.5. The Hall–Kier alpha value is -1.85. The molecule has 2 aromatic rings. The van der Waals surface area contributed by atoms with Crippen LogP contribution >= 0.6 is 23.2 Å². The van der Waals surface area contributed by atoms with E-state index in [9.17, 15) is 4.79 Å². The summed E-state index contributed by atoms with van der Waals surface area (Å²) in [6.07, 6.45) is 0.731. The number of halogens is 2. The molecule has 7 heteroatoms. The topological polar surface area (TPSA) is 66.9 Å². The van der Waals surface area contributed by atoms with Gasteiger partial charge in [-0.15, -0.1) is 10.2 Å². The molecule has 0 aliphatic heterocycles. The lowest BCUT2D eigenvalue weighted by Gasteiger charge is -2.07. The normalized spacial score (nSPS) is 10.2. The van der Waals surface area contributed by atoms with Gasteiger partial charge >= 0.3 is 0 Å². The average molecular weight is 325 g/mol. The predicted molar refractivity (Wildman–Crippen MR) is 84.1 cm³/mol. The Morgan fingerprint density at radius 2 is 2.00 bits per heavy atom. The van der Waals surface area contributed by atoms with Gasteiger partial charge in [0.25, 0.3) is 5.91 Å². The molecule has 1 aromatic carbocycles. The zero-order valence-electron chi connectivity index (χ0n) is 11.4. The van der Waals surface area contributed by atoms with Crippen molar-refractivity contribution < 1.29 is 4.79 Å². The second kappa shape index (κ2) is 7.24. The Morgan fingerprint density at radius 3 is 2.62 bits per heavy atom. The minimum atomic E-state index is -0.262. The second-order valence-electron chi connectivity index (χ2n) is 4.30. The van der Waals surface area contributed by atoms with Crippen LogP contribution in [0.5, 0.6) is 0 Å². The van der Waals surface area contributed by atoms with E-state index in [4.69, 9.17) is 23.2 Å². The number of amides is 1. The molecule has 1 aromatic heterocycles. The van der Waals surface area contributed by atoms with Crippen molar-refractivity contribution in [1.82, 2.24) is 15.5 Å². The number of anilines is 1. The molecule has 1 heterocycles. The zero-order chi connectivity index (χ0) is 15.2. The van der Waals surface area contributed by atoms with E-state index in [0.717, 1.165) is 12.0 Å². The van der Waals surface area contributed by atoms with E-state index >= 15 is 0 Å². The van der Waals surface area contributed by atoms with Crippen molar-refractivity contribution in [3.63, 3.8) is 0 Å². The van der Waals surface area contributed by atoms with Crippen LogP contribution in [0.1, 0.15) is 16.1 Å². The molecule has 2 rings (SSSR count). The Morgan fingerprint density at radius 1 is 1.19 bits per heavy atom. The molecule has 0 aliphatic rings. The molecule has 2 N–H and O–H groups in total. The summed E-state index contributed by atoms with van der Waals surface area (Å²) in [5.41, 5.74) is 1.28. The number of carbonyl (C=O) groups excluding carboxylic acids is 1. The van der Waals surface area contributed by atoms with Crippen LogP contribution in [-0.4, -0.2) is 29.7 Å². The average Bonchev–Trinajstić information content (AvgIpc) is 2.49. The summed E-state index contributed by atoms with van der Waals surface area (Å²) in [6, 6.07) is 8.74. The molecule has 5 nitrogen and oxygen atoms in total. The monoisotopic (exact) mass is 324 g/mol. The van der Waals surface area contributed by atoms with Crippen molar-refractivity contribution in [1.29, 1.82) is 0 Å². The molecule has 0 bridgehead atoms. The van der Waals surface area contributed by atoms with Crippen molar-refractivity contribution in [3.8, 4) is 0 Å². The van der Waals surface area contributed by atoms with Gasteiger partial charge in [0.1, 0.15) is 5.82 Å². The molecular weight excluding hydrogens is 311 g/mol. The lowest BCUT2D eigenvalue weighted by Crippen LogP contribution is -2.20. The minimum Gasteiger partial charge on any atom is -0.368 e. The molecule has 21 heavy (non-hydrogen) atoms. The van der Waals surface area contributed by atoms with Crippen LogP contribution in [0.15, 0.2) is 30.3 Å². The van der Waals surface area contributed by atoms with E-state index in [2.05, 4.69) is 20.8 Å². The van der Waals surface area contributed by atoms with Gasteiger partial charge in [0, 0.05) is 23.6 Å². The number of hydrogen-bond acceptors (Lipinski definition) is 4. The lowest BCUT2D eigenvalue weighted by atomic mass is 10.1. The van der Waals surface area contributed by atoms with Gasteiger partial charge in [-0.2, -0.15) is 0 Å². The minimum absolute atomic E-state index is 0.262. The summed E-state index contributed by atoms with van der Waals surface area (Å²) >= 11 is 11.9. The van der Waals surface area contributed by atoms with Crippen LogP contribution in [0.3, 0.4) is 0 Å². The Kier molecular flexibility index (Phi) is 5.36. The number of nitrogens with zero attached hydrogens (tertiary/aromatic N) is 2. The van der Waals surface area contributed by atoms with Gasteiger partial charge in [-0.05, 0) is 36.2 Å². The summed E-state index contributed by atoms with van der Waals surface area (Å²) in [7, 11) is 1.55. The highest BCUT2D eigenvalue weighted by Crippen LogP contribution is 2.21. The van der Waals surface area contributed by atoms with E-state index in [1.165, 1.54) is 0 Å². The van der Waals surface area contributed by atoms with Gasteiger partial charge in [0.15, 0.2) is 5.69 Å². The largest absolute Gasteiger partial charge is 0.368 e. The number of benzene rings is 1. The molecule has 110 valence electrons. The molecule has 0 spiro atoms. The fourth-order valence-corrected chi connectivity index (χ4v) is 2.23. The third-order valence-corrected chi connectivity index (χ3v) is 3.43. The molecule has 0 atom stereocenters. The molecule has 0 unspecified atom stereocenters. The van der Waals surface area contributed by atoms with Gasteiger partial charge in [0.2, 0.25) is 0 Å². The number of hydrogen-bond donors (Lipinski definition) is 2. The Labute approximate surface area is 132 Å². The molecule has 0 radical (unpaired) electrons. The molecule has 0 aliphatic carbocycles. The summed E-state index contributed by atoms with van der Waals surface area (Å²) < 4.78 is 0. The van der Waals surface area contributed by atoms with Crippen molar-refractivity contribution in [2.24, 2.45) is 0 Å². The summed E-state index contributed by atoms with van der Waals surface area (Å²) in [4.78, 5) is 11.3. The lowest BCUT2D eigenvalue weighted by molar-refractivity contribution is 0.0957. The number of carbonyl (C=O) groups is 1. The standard InChI is InChI=1S/C14H14Cl2N4O/c1-17-14(21)12-4-5-13(20-19-12)18-7-6-9-2-3-10(15)8-11(9)16/h2-5,8H,6-7H2,1H3,(H,17,21)(H,18,20). The Balaban J connectivity index is 1.90. The fourth-order valence-electron chi connectivity index (χ4n) is 1.73. The summed E-state index contributed by atoms with van der Waals surface area (Å²) in [6.45, 7) is 0.648. The summed E-state index contributed by atoms with van der Waals surface area (Å²) in [5.74, 6) is 0.342. The summed E-state index contributed by atoms with van der Waals surface area (Å²) in [5, 5.41) is 14.6. The van der Waals surface area contributed by atoms with Gasteiger partial charge in [0.05, 0.1) is 0 Å². The third-order valence-electron chi connectivity index (χ3n) is 2.84. The molecule has 0 saturated heterocycles. The zero-order valence-corrected chi connectivity index (χ0v) is 12.9. The van der Waals surface area contributed by atoms with Crippen LogP contribution in [0.25, 0.3) is 0 Å². The van der Waals surface area contributed by atoms with Crippen molar-refractivity contribution in [2.45, 2.75) is 6.42 Å². The van der Waals surface area contributed by atoms with E-state index < -0.39 is 0 Å². The molecule has 1 amide bonds. The van der Waals surface area contributed by atoms with Crippen molar-refractivity contribution in [3.05, 3.63) is 51.6 Å². The van der Waals surface area contributed by atoms with Crippen LogP contribution in [0, 0.1) is 0 Å². The van der Waals surface area contributed by atoms with Crippen LogP contribution in [0.2, 0.25) is 10.0 Å². The maximum Gasteiger partial charge on any atom is 0.271 e. The third kappa shape index (κ3) is 4.31. The van der Waals surface area contributed by atoms with Crippen LogP contribution in [0.4, 0.5) is 5.82 Å². The van der Waals surface area contributed by atoms with Gasteiger partial charge in [-0.25, -0.2) is 0 Å². The maximum atomic E-state index is 11.3. The van der Waals surface area contributed by atoms with E-state index in [1.807, 2.05) is 6.07 Å². The second-order valence-corrected chi connectivity index (χ2v) is 5.14. The molecule has 0 saturated carbocycles. The number of rotatable bonds is 5. The highest BCUT2D eigenvalue weighted by molar-refractivity contribution is 6.35. The van der Waals surface area contributed by atoms with Gasteiger partial charge in [-0.1, -0.05) is 29.3 Å². The first-order chi connectivity index (χ1) is 10.1. The first-order valence-electron chi connectivity index (χ1n) is 6.34. The van der Waals surface area contributed by atoms with E-state index in [1.54, 1.807) is 31.3 Å². The van der Waals surface area contributed by atoms with Crippen molar-refractivity contribution in [2.75, 3.05) is 18.9 Å². The van der Waals surface area contributed by atoms with Gasteiger partial charge < -0.3 is 10.6 Å². The quantitative estimate of drug-likeness (QED) is 0.887. The predicted octanol–water partition coefficient (Wildman–Crippen LogP) is 2.80. The maximum absolute atomic E-state index is 11.3. The first-order valence-corrected chi connectivity index (χ1v) is 7.09. The number of nitrogens with one attached hydrogen (secondary N) is 2. The SMILES string of the molecule is CNC(=O)c1ccc(NCCc2ccc(Cl)cc2Cl)nn1.